The van der Waals surface area contributed by atoms with Crippen LogP contribution in [-0.2, 0) is 14.9 Å². The van der Waals surface area contributed by atoms with Crippen molar-refractivity contribution in [1.29, 1.82) is 0 Å². The highest BCUT2D eigenvalue weighted by Crippen LogP contribution is 2.48. The van der Waals surface area contributed by atoms with E-state index in [1.54, 1.807) is 0 Å². The van der Waals surface area contributed by atoms with Crippen molar-refractivity contribution in [2.45, 2.75) is 25.2 Å². The van der Waals surface area contributed by atoms with Gasteiger partial charge in [0.05, 0.1) is 18.6 Å². The SMILES string of the molecule is CC1(CNC(=O)C2(c3ccc(Br)cc3)CC2)COC1. The molecule has 0 spiro atoms. The van der Waals surface area contributed by atoms with E-state index >= 15 is 0 Å². The minimum Gasteiger partial charge on any atom is -0.380 e. The molecule has 1 aliphatic carbocycles. The molecule has 0 atom stereocenters. The van der Waals surface area contributed by atoms with Gasteiger partial charge in [0.2, 0.25) is 5.91 Å². The molecule has 19 heavy (non-hydrogen) atoms. The average Bonchev–Trinajstić information content (AvgIpc) is 3.16. The Bertz CT molecular complexity index is 489. The zero-order valence-electron chi connectivity index (χ0n) is 11.0. The quantitative estimate of drug-likeness (QED) is 0.925. The highest BCUT2D eigenvalue weighted by atomic mass is 79.9. The molecule has 1 aliphatic heterocycles. The maximum Gasteiger partial charge on any atom is 0.230 e. The third-order valence-electron chi connectivity index (χ3n) is 4.16. The molecular weight excluding hydrogens is 306 g/mol. The lowest BCUT2D eigenvalue weighted by Crippen LogP contribution is -2.50. The number of hydrogen-bond acceptors (Lipinski definition) is 2. The Labute approximate surface area is 121 Å². The molecule has 4 heteroatoms. The van der Waals surface area contributed by atoms with E-state index in [4.69, 9.17) is 4.74 Å². The van der Waals surface area contributed by atoms with Crippen LogP contribution >= 0.6 is 15.9 Å². The van der Waals surface area contributed by atoms with Gasteiger partial charge in [-0.15, -0.1) is 0 Å². The third-order valence-corrected chi connectivity index (χ3v) is 4.69. The fraction of sp³-hybridized carbons (Fsp3) is 0.533. The van der Waals surface area contributed by atoms with Crippen molar-refractivity contribution in [2.75, 3.05) is 19.8 Å². The van der Waals surface area contributed by atoms with Crippen LogP contribution in [0.5, 0.6) is 0 Å². The number of rotatable bonds is 4. The van der Waals surface area contributed by atoms with E-state index in [0.717, 1.165) is 36.1 Å². The van der Waals surface area contributed by atoms with Gasteiger partial charge >= 0.3 is 0 Å². The van der Waals surface area contributed by atoms with Crippen molar-refractivity contribution >= 4 is 21.8 Å². The minimum atomic E-state index is -0.276. The molecule has 0 aromatic heterocycles. The zero-order valence-corrected chi connectivity index (χ0v) is 12.6. The van der Waals surface area contributed by atoms with E-state index in [-0.39, 0.29) is 16.7 Å². The molecule has 0 radical (unpaired) electrons. The maximum atomic E-state index is 12.4. The molecule has 0 bridgehead atoms. The first-order valence-corrected chi connectivity index (χ1v) is 7.46. The van der Waals surface area contributed by atoms with Gasteiger partial charge in [0.15, 0.2) is 0 Å². The van der Waals surface area contributed by atoms with Crippen molar-refractivity contribution in [3.63, 3.8) is 0 Å². The van der Waals surface area contributed by atoms with E-state index in [1.165, 1.54) is 0 Å². The van der Waals surface area contributed by atoms with Gasteiger partial charge in [-0.05, 0) is 30.5 Å². The smallest absolute Gasteiger partial charge is 0.230 e. The number of nitrogens with one attached hydrogen (secondary N) is 1. The summed E-state index contributed by atoms with van der Waals surface area (Å²) in [7, 11) is 0. The van der Waals surface area contributed by atoms with Crippen molar-refractivity contribution in [3.8, 4) is 0 Å². The monoisotopic (exact) mass is 323 g/mol. The number of ether oxygens (including phenoxy) is 1. The van der Waals surface area contributed by atoms with E-state index in [9.17, 15) is 4.79 Å². The standard InChI is InChI=1S/C15H18BrNO2/c1-14(9-19-10-14)8-17-13(18)15(6-7-15)11-2-4-12(16)5-3-11/h2-5H,6-10H2,1H3,(H,17,18). The normalized spacial score (nSPS) is 22.4. The van der Waals surface area contributed by atoms with Crippen molar-refractivity contribution < 1.29 is 9.53 Å². The Hall–Kier alpha value is -0.870. The highest BCUT2D eigenvalue weighted by Gasteiger charge is 2.51. The summed E-state index contributed by atoms with van der Waals surface area (Å²) in [5.41, 5.74) is 0.982. The number of benzene rings is 1. The lowest BCUT2D eigenvalue weighted by atomic mass is 9.88. The van der Waals surface area contributed by atoms with Gasteiger partial charge in [-0.25, -0.2) is 0 Å². The second-order valence-electron chi connectivity index (χ2n) is 6.08. The van der Waals surface area contributed by atoms with Crippen LogP contribution in [0.4, 0.5) is 0 Å². The van der Waals surface area contributed by atoms with E-state index in [1.807, 2.05) is 24.3 Å². The summed E-state index contributed by atoms with van der Waals surface area (Å²) in [6, 6.07) is 8.10. The third kappa shape index (κ3) is 2.43. The molecule has 1 aromatic carbocycles. The first-order valence-electron chi connectivity index (χ1n) is 6.66. The lowest BCUT2D eigenvalue weighted by molar-refractivity contribution is -0.129. The van der Waals surface area contributed by atoms with Crippen LogP contribution in [0.2, 0.25) is 0 Å². The van der Waals surface area contributed by atoms with Gasteiger partial charge in [0.1, 0.15) is 0 Å². The number of hydrogen-bond donors (Lipinski definition) is 1. The predicted octanol–water partition coefficient (Wildman–Crippen LogP) is 2.63. The molecule has 3 rings (SSSR count). The second-order valence-corrected chi connectivity index (χ2v) is 6.99. The van der Waals surface area contributed by atoms with Gasteiger partial charge in [0.25, 0.3) is 0 Å². The zero-order chi connectivity index (χ0) is 13.5. The number of amides is 1. The Balaban J connectivity index is 1.67. The fourth-order valence-corrected chi connectivity index (χ4v) is 2.82. The molecule has 2 aliphatic rings. The number of halogens is 1. The van der Waals surface area contributed by atoms with E-state index in [0.29, 0.717) is 6.54 Å². The molecule has 1 amide bonds. The Morgan fingerprint density at radius 1 is 1.32 bits per heavy atom. The largest absolute Gasteiger partial charge is 0.380 e. The summed E-state index contributed by atoms with van der Waals surface area (Å²) in [6.07, 6.45) is 1.90. The molecule has 102 valence electrons. The Morgan fingerprint density at radius 3 is 2.42 bits per heavy atom. The van der Waals surface area contributed by atoms with Gasteiger partial charge < -0.3 is 10.1 Å². The Kier molecular flexibility index (Phi) is 3.18. The van der Waals surface area contributed by atoms with Gasteiger partial charge in [-0.3, -0.25) is 4.79 Å². The van der Waals surface area contributed by atoms with E-state index in [2.05, 4.69) is 28.2 Å². The second kappa shape index (κ2) is 4.60. The first-order chi connectivity index (χ1) is 9.04. The van der Waals surface area contributed by atoms with Crippen LogP contribution in [0.15, 0.2) is 28.7 Å². The van der Waals surface area contributed by atoms with Crippen molar-refractivity contribution in [3.05, 3.63) is 34.3 Å². The summed E-state index contributed by atoms with van der Waals surface area (Å²) in [6.45, 7) is 4.36. The predicted molar refractivity (Wildman–Crippen MR) is 77.0 cm³/mol. The molecule has 1 N–H and O–H groups in total. The molecule has 0 unspecified atom stereocenters. The van der Waals surface area contributed by atoms with Crippen molar-refractivity contribution in [1.82, 2.24) is 5.32 Å². The summed E-state index contributed by atoms with van der Waals surface area (Å²) >= 11 is 3.43. The van der Waals surface area contributed by atoms with Gasteiger partial charge in [-0.2, -0.15) is 0 Å². The summed E-state index contributed by atoms with van der Waals surface area (Å²) in [5, 5.41) is 3.11. The molecule has 3 nitrogen and oxygen atoms in total. The summed E-state index contributed by atoms with van der Waals surface area (Å²) < 4.78 is 6.26. The highest BCUT2D eigenvalue weighted by molar-refractivity contribution is 9.10. The molecule has 1 saturated carbocycles. The van der Waals surface area contributed by atoms with Gasteiger partial charge in [0, 0.05) is 16.4 Å². The summed E-state index contributed by atoms with van der Waals surface area (Å²) in [5.74, 6) is 0.169. The summed E-state index contributed by atoms with van der Waals surface area (Å²) in [4.78, 5) is 12.4. The van der Waals surface area contributed by atoms with Crippen LogP contribution in [0.1, 0.15) is 25.3 Å². The molecule has 2 fully saturated rings. The lowest BCUT2D eigenvalue weighted by Gasteiger charge is -2.38. The molecule has 1 saturated heterocycles. The minimum absolute atomic E-state index is 0.130. The molecule has 1 aromatic rings. The van der Waals surface area contributed by atoms with Crippen LogP contribution < -0.4 is 5.32 Å². The maximum absolute atomic E-state index is 12.4. The van der Waals surface area contributed by atoms with Crippen LogP contribution in [-0.4, -0.2) is 25.7 Å². The van der Waals surface area contributed by atoms with Crippen LogP contribution in [0, 0.1) is 5.41 Å². The van der Waals surface area contributed by atoms with Crippen molar-refractivity contribution in [2.24, 2.45) is 5.41 Å². The number of carbonyl (C=O) groups excluding carboxylic acids is 1. The fourth-order valence-electron chi connectivity index (χ4n) is 2.56. The number of carbonyl (C=O) groups is 1. The van der Waals surface area contributed by atoms with Crippen LogP contribution in [0.3, 0.4) is 0 Å². The Morgan fingerprint density at radius 2 is 1.95 bits per heavy atom. The molecule has 1 heterocycles. The van der Waals surface area contributed by atoms with E-state index < -0.39 is 0 Å². The molecular formula is C15H18BrNO2. The van der Waals surface area contributed by atoms with Crippen LogP contribution in [0.25, 0.3) is 0 Å². The average molecular weight is 324 g/mol. The first kappa shape index (κ1) is 13.1. The van der Waals surface area contributed by atoms with Gasteiger partial charge in [-0.1, -0.05) is 35.0 Å². The topological polar surface area (TPSA) is 38.3 Å².